The summed E-state index contributed by atoms with van der Waals surface area (Å²) in [5.41, 5.74) is 0. The molecule has 1 atom stereocenters. The Hall–Kier alpha value is -0.0400. The van der Waals surface area contributed by atoms with Gasteiger partial charge in [-0.1, -0.05) is 13.8 Å². The second kappa shape index (κ2) is 4.76. The van der Waals surface area contributed by atoms with Gasteiger partial charge in [0.15, 0.2) is 0 Å². The third-order valence-electron chi connectivity index (χ3n) is 2.32. The van der Waals surface area contributed by atoms with Gasteiger partial charge in [-0.05, 0) is 40.2 Å². The van der Waals surface area contributed by atoms with Crippen LogP contribution >= 0.6 is 0 Å². The summed E-state index contributed by atoms with van der Waals surface area (Å²) in [5.74, 6) is 0.811. The van der Waals surface area contributed by atoms with Crippen LogP contribution in [0.3, 0.4) is 0 Å². The van der Waals surface area contributed by atoms with E-state index in [1.165, 1.54) is 6.42 Å². The highest BCUT2D eigenvalue weighted by molar-refractivity contribution is 4.67. The van der Waals surface area contributed by atoms with Crippen molar-refractivity contribution in [2.75, 3.05) is 7.05 Å². The Morgan fingerprint density at radius 2 is 1.45 bits per heavy atom. The first kappa shape index (κ1) is 11.0. The number of hydrogen-bond donors (Lipinski definition) is 0. The van der Waals surface area contributed by atoms with Crippen molar-refractivity contribution in [3.63, 3.8) is 0 Å². The second-order valence-electron chi connectivity index (χ2n) is 4.24. The number of nitrogens with zero attached hydrogens (tertiary/aromatic N) is 1. The summed E-state index contributed by atoms with van der Waals surface area (Å²) in [6.07, 6.45) is 1.30. The van der Waals surface area contributed by atoms with Crippen molar-refractivity contribution in [3.05, 3.63) is 0 Å². The van der Waals surface area contributed by atoms with Crippen molar-refractivity contribution in [3.8, 4) is 0 Å². The Balaban J connectivity index is 3.73. The molecule has 0 saturated carbocycles. The summed E-state index contributed by atoms with van der Waals surface area (Å²) in [5, 5.41) is 0. The van der Waals surface area contributed by atoms with E-state index in [-0.39, 0.29) is 0 Å². The van der Waals surface area contributed by atoms with Gasteiger partial charge in [-0.2, -0.15) is 0 Å². The van der Waals surface area contributed by atoms with Crippen LogP contribution in [0.2, 0.25) is 0 Å². The number of rotatable bonds is 4. The molecule has 0 aliphatic heterocycles. The predicted octanol–water partition coefficient (Wildman–Crippen LogP) is 2.76. The van der Waals surface area contributed by atoms with Crippen molar-refractivity contribution in [1.29, 1.82) is 0 Å². The van der Waals surface area contributed by atoms with Crippen molar-refractivity contribution in [2.45, 2.75) is 53.1 Å². The summed E-state index contributed by atoms with van der Waals surface area (Å²) < 4.78 is 0. The van der Waals surface area contributed by atoms with Gasteiger partial charge < -0.3 is 4.90 Å². The molecule has 68 valence electrons. The zero-order valence-corrected chi connectivity index (χ0v) is 8.89. The maximum Gasteiger partial charge on any atom is 0.00690 e. The molecule has 0 aromatic heterocycles. The van der Waals surface area contributed by atoms with E-state index in [0.29, 0.717) is 6.04 Å². The first-order valence-electron chi connectivity index (χ1n) is 4.67. The lowest BCUT2D eigenvalue weighted by molar-refractivity contribution is 0.186. The van der Waals surface area contributed by atoms with E-state index in [4.69, 9.17) is 0 Å². The molecule has 0 aromatic carbocycles. The third kappa shape index (κ3) is 4.41. The Labute approximate surface area is 71.8 Å². The summed E-state index contributed by atoms with van der Waals surface area (Å²) in [7, 11) is 2.21. The lowest BCUT2D eigenvalue weighted by atomic mass is 10.0. The summed E-state index contributed by atoms with van der Waals surface area (Å²) >= 11 is 0. The van der Waals surface area contributed by atoms with Crippen LogP contribution in [0, 0.1) is 5.92 Å². The molecule has 0 aliphatic rings. The molecule has 0 fully saturated rings. The molecular formula is C10H23N. The van der Waals surface area contributed by atoms with Gasteiger partial charge in [0.2, 0.25) is 0 Å². The van der Waals surface area contributed by atoms with Crippen LogP contribution in [0.1, 0.15) is 41.0 Å². The molecule has 0 rings (SSSR count). The van der Waals surface area contributed by atoms with E-state index >= 15 is 0 Å². The van der Waals surface area contributed by atoms with Crippen LogP contribution < -0.4 is 0 Å². The molecule has 0 N–H and O–H groups in total. The Bertz CT molecular complexity index is 97.0. The van der Waals surface area contributed by atoms with Crippen molar-refractivity contribution in [2.24, 2.45) is 5.92 Å². The smallest absolute Gasteiger partial charge is 0.00690 e. The fraction of sp³-hybridized carbons (Fsp3) is 1.00. The maximum atomic E-state index is 2.43. The minimum absolute atomic E-state index is 0.670. The minimum atomic E-state index is 0.670. The Morgan fingerprint density at radius 1 is 1.00 bits per heavy atom. The minimum Gasteiger partial charge on any atom is -0.301 e. The molecule has 0 saturated heterocycles. The van der Waals surface area contributed by atoms with Gasteiger partial charge >= 0.3 is 0 Å². The molecule has 0 aromatic rings. The third-order valence-corrected chi connectivity index (χ3v) is 2.32. The van der Waals surface area contributed by atoms with Gasteiger partial charge in [0, 0.05) is 12.1 Å². The SMILES string of the molecule is CC(C)C[C@@H](C)N(C)C(C)C. The highest BCUT2D eigenvalue weighted by Crippen LogP contribution is 2.11. The summed E-state index contributed by atoms with van der Waals surface area (Å²) in [6, 6.07) is 1.39. The van der Waals surface area contributed by atoms with Crippen LogP contribution in [0.5, 0.6) is 0 Å². The molecular weight excluding hydrogens is 134 g/mol. The number of hydrogen-bond acceptors (Lipinski definition) is 1. The Morgan fingerprint density at radius 3 is 1.73 bits per heavy atom. The molecule has 11 heavy (non-hydrogen) atoms. The van der Waals surface area contributed by atoms with Crippen LogP contribution in [-0.2, 0) is 0 Å². The van der Waals surface area contributed by atoms with Crippen molar-refractivity contribution in [1.82, 2.24) is 4.90 Å². The van der Waals surface area contributed by atoms with Crippen molar-refractivity contribution >= 4 is 0 Å². The van der Waals surface area contributed by atoms with E-state index in [0.717, 1.165) is 12.0 Å². The van der Waals surface area contributed by atoms with Crippen LogP contribution in [-0.4, -0.2) is 24.0 Å². The van der Waals surface area contributed by atoms with Gasteiger partial charge in [-0.15, -0.1) is 0 Å². The zero-order valence-electron chi connectivity index (χ0n) is 8.89. The molecule has 0 bridgehead atoms. The molecule has 0 radical (unpaired) electrons. The van der Waals surface area contributed by atoms with Gasteiger partial charge in [0.05, 0.1) is 0 Å². The van der Waals surface area contributed by atoms with Gasteiger partial charge in [-0.25, -0.2) is 0 Å². The van der Waals surface area contributed by atoms with Gasteiger partial charge in [-0.3, -0.25) is 0 Å². The predicted molar refractivity (Wildman–Crippen MR) is 51.8 cm³/mol. The van der Waals surface area contributed by atoms with Gasteiger partial charge in [0.1, 0.15) is 0 Å². The second-order valence-corrected chi connectivity index (χ2v) is 4.24. The highest BCUT2D eigenvalue weighted by atomic mass is 15.1. The van der Waals surface area contributed by atoms with Crippen LogP contribution in [0.25, 0.3) is 0 Å². The fourth-order valence-corrected chi connectivity index (χ4v) is 1.36. The lowest BCUT2D eigenvalue weighted by Crippen LogP contribution is -2.35. The fourth-order valence-electron chi connectivity index (χ4n) is 1.36. The molecule has 1 nitrogen and oxygen atoms in total. The van der Waals surface area contributed by atoms with E-state index < -0.39 is 0 Å². The Kier molecular flexibility index (Phi) is 4.74. The normalized spacial score (nSPS) is 15.0. The summed E-state index contributed by atoms with van der Waals surface area (Å²) in [6.45, 7) is 11.4. The van der Waals surface area contributed by atoms with E-state index in [9.17, 15) is 0 Å². The highest BCUT2D eigenvalue weighted by Gasteiger charge is 2.12. The van der Waals surface area contributed by atoms with E-state index in [2.05, 4.69) is 46.6 Å². The molecule has 1 heteroatoms. The molecule has 0 heterocycles. The van der Waals surface area contributed by atoms with E-state index in [1.54, 1.807) is 0 Å². The first-order valence-corrected chi connectivity index (χ1v) is 4.67. The monoisotopic (exact) mass is 157 g/mol. The molecule has 0 aliphatic carbocycles. The standard InChI is InChI=1S/C10H23N/c1-8(2)7-10(5)11(6)9(3)4/h8-10H,7H2,1-6H3/t10-/m1/s1. The lowest BCUT2D eigenvalue weighted by Gasteiger charge is -2.29. The van der Waals surface area contributed by atoms with Gasteiger partial charge in [0.25, 0.3) is 0 Å². The quantitative estimate of drug-likeness (QED) is 0.606. The topological polar surface area (TPSA) is 3.24 Å². The maximum absolute atomic E-state index is 2.43. The summed E-state index contributed by atoms with van der Waals surface area (Å²) in [4.78, 5) is 2.43. The first-order chi connectivity index (χ1) is 4.95. The molecule has 0 spiro atoms. The van der Waals surface area contributed by atoms with Crippen LogP contribution in [0.15, 0.2) is 0 Å². The van der Waals surface area contributed by atoms with Crippen LogP contribution in [0.4, 0.5) is 0 Å². The molecule has 0 amide bonds. The molecule has 0 unspecified atom stereocenters. The van der Waals surface area contributed by atoms with Crippen molar-refractivity contribution < 1.29 is 0 Å². The average molecular weight is 157 g/mol. The largest absolute Gasteiger partial charge is 0.301 e. The van der Waals surface area contributed by atoms with E-state index in [1.807, 2.05) is 0 Å². The zero-order chi connectivity index (χ0) is 9.02. The average Bonchev–Trinajstić information content (AvgIpc) is 1.84.